The van der Waals surface area contributed by atoms with Crippen molar-refractivity contribution in [2.45, 2.75) is 42.4 Å². The molecular formula is C32H31FN4O4S. The van der Waals surface area contributed by atoms with Crippen LogP contribution in [0.3, 0.4) is 0 Å². The zero-order chi connectivity index (χ0) is 29.3. The molecule has 8 nitrogen and oxygen atoms in total. The van der Waals surface area contributed by atoms with E-state index in [4.69, 9.17) is 19.4 Å². The smallest absolute Gasteiger partial charge is 0.410 e. The van der Waals surface area contributed by atoms with Crippen LogP contribution < -0.4 is 15.0 Å². The van der Waals surface area contributed by atoms with Gasteiger partial charge in [-0.2, -0.15) is 0 Å². The minimum atomic E-state index is -1.43. The van der Waals surface area contributed by atoms with E-state index in [1.54, 1.807) is 49.4 Å². The molecule has 216 valence electrons. The van der Waals surface area contributed by atoms with Gasteiger partial charge in [-0.3, -0.25) is 9.53 Å². The summed E-state index contributed by atoms with van der Waals surface area (Å²) in [6, 6.07) is 22.5. The summed E-state index contributed by atoms with van der Waals surface area (Å²) in [5, 5.41) is 2.73. The molecule has 6 rings (SSSR count). The molecule has 1 unspecified atom stereocenters. The van der Waals surface area contributed by atoms with E-state index in [9.17, 15) is 13.4 Å². The summed E-state index contributed by atoms with van der Waals surface area (Å²) < 4.78 is 38.1. The van der Waals surface area contributed by atoms with E-state index >= 15 is 0 Å². The Labute approximate surface area is 246 Å². The van der Waals surface area contributed by atoms with Crippen LogP contribution >= 0.6 is 0 Å². The topological polar surface area (TPSA) is 93.7 Å². The molecule has 0 spiro atoms. The van der Waals surface area contributed by atoms with Crippen molar-refractivity contribution in [1.82, 2.24) is 9.97 Å². The Morgan fingerprint density at radius 2 is 1.83 bits per heavy atom. The number of amides is 1. The lowest BCUT2D eigenvalue weighted by atomic mass is 10.1. The summed E-state index contributed by atoms with van der Waals surface area (Å²) in [6.45, 7) is 5.72. The number of nitrogens with zero attached hydrogens (tertiary/aromatic N) is 3. The highest BCUT2D eigenvalue weighted by Gasteiger charge is 2.53. The maximum Gasteiger partial charge on any atom is 0.417 e. The Morgan fingerprint density at radius 1 is 1.07 bits per heavy atom. The third-order valence-electron chi connectivity index (χ3n) is 7.58. The summed E-state index contributed by atoms with van der Waals surface area (Å²) in [5.74, 6) is 1.35. The zero-order valence-corrected chi connectivity index (χ0v) is 24.2. The van der Waals surface area contributed by atoms with Gasteiger partial charge in [0.15, 0.2) is 5.82 Å². The number of para-hydroxylation sites is 1. The van der Waals surface area contributed by atoms with Crippen molar-refractivity contribution in [2.75, 3.05) is 30.0 Å². The summed E-state index contributed by atoms with van der Waals surface area (Å²) in [4.78, 5) is 25.0. The number of ether oxygens (including phenoxy) is 2. The van der Waals surface area contributed by atoms with Gasteiger partial charge in [-0.1, -0.05) is 18.2 Å². The third kappa shape index (κ3) is 5.77. The quantitative estimate of drug-likeness (QED) is 0.275. The molecule has 3 aromatic carbocycles. The number of rotatable bonds is 7. The van der Waals surface area contributed by atoms with Gasteiger partial charge < -0.3 is 14.4 Å². The number of aromatic nitrogens is 2. The van der Waals surface area contributed by atoms with Crippen LogP contribution in [0.5, 0.6) is 5.75 Å². The Morgan fingerprint density at radius 3 is 2.52 bits per heavy atom. The van der Waals surface area contributed by atoms with Crippen LogP contribution in [-0.4, -0.2) is 46.1 Å². The highest BCUT2D eigenvalue weighted by molar-refractivity contribution is 7.86. The first-order valence-corrected chi connectivity index (χ1v) is 15.0. The van der Waals surface area contributed by atoms with Crippen molar-refractivity contribution in [3.8, 4) is 17.1 Å². The first-order chi connectivity index (χ1) is 20.3. The van der Waals surface area contributed by atoms with Crippen molar-refractivity contribution in [3.63, 3.8) is 0 Å². The second-order valence-corrected chi connectivity index (χ2v) is 12.4. The van der Waals surface area contributed by atoms with E-state index in [0.29, 0.717) is 66.0 Å². The predicted octanol–water partition coefficient (Wildman–Crippen LogP) is 6.22. The van der Waals surface area contributed by atoms with E-state index in [0.717, 1.165) is 11.4 Å². The molecule has 1 aliphatic heterocycles. The first-order valence-electron chi connectivity index (χ1n) is 13.9. The largest absolute Gasteiger partial charge is 0.417 e. The van der Waals surface area contributed by atoms with Crippen molar-refractivity contribution in [3.05, 3.63) is 95.9 Å². The van der Waals surface area contributed by atoms with Gasteiger partial charge in [-0.05, 0) is 86.8 Å². The van der Waals surface area contributed by atoms with Crippen LogP contribution in [0.25, 0.3) is 11.4 Å². The minimum Gasteiger partial charge on any atom is -0.410 e. The maximum absolute atomic E-state index is 14.0. The summed E-state index contributed by atoms with van der Waals surface area (Å²) in [5.41, 5.74) is 2.67. The van der Waals surface area contributed by atoms with Gasteiger partial charge >= 0.3 is 6.09 Å². The van der Waals surface area contributed by atoms with E-state index < -0.39 is 21.6 Å². The highest BCUT2D eigenvalue weighted by atomic mass is 32.2. The number of morpholine rings is 1. The average Bonchev–Trinajstić information content (AvgIpc) is 3.80. The van der Waals surface area contributed by atoms with Crippen LogP contribution in [0.2, 0.25) is 0 Å². The zero-order valence-electron chi connectivity index (χ0n) is 23.4. The molecule has 2 heterocycles. The van der Waals surface area contributed by atoms with Gasteiger partial charge in [0.05, 0.1) is 40.5 Å². The molecule has 2 aliphatic rings. The van der Waals surface area contributed by atoms with Crippen molar-refractivity contribution in [1.29, 1.82) is 0 Å². The van der Waals surface area contributed by atoms with Crippen molar-refractivity contribution < 1.29 is 22.9 Å². The number of carbonyl (C=O) groups is 1. The summed E-state index contributed by atoms with van der Waals surface area (Å²) in [6.07, 6.45) is 0.819. The van der Waals surface area contributed by atoms with Gasteiger partial charge in [0.25, 0.3) is 0 Å². The fraction of sp³-hybridized carbons (Fsp3) is 0.281. The molecule has 4 aromatic rings. The maximum atomic E-state index is 14.0. The fourth-order valence-electron chi connectivity index (χ4n) is 5.13. The fourth-order valence-corrected chi connectivity index (χ4v) is 6.87. The second kappa shape index (κ2) is 11.6. The molecule has 1 amide bonds. The molecular weight excluding hydrogens is 555 g/mol. The summed E-state index contributed by atoms with van der Waals surface area (Å²) in [7, 11) is -1.43. The van der Waals surface area contributed by atoms with Crippen LogP contribution in [-0.2, 0) is 20.3 Å². The molecule has 1 aliphatic carbocycles. The Balaban J connectivity index is 1.32. The molecule has 1 N–H and O–H groups in total. The van der Waals surface area contributed by atoms with Gasteiger partial charge in [-0.25, -0.2) is 19.2 Å². The van der Waals surface area contributed by atoms with Crippen LogP contribution in [0.1, 0.15) is 31.0 Å². The second-order valence-electron chi connectivity index (χ2n) is 10.6. The molecule has 1 saturated carbocycles. The number of anilines is 2. The van der Waals surface area contributed by atoms with E-state index in [1.165, 1.54) is 12.1 Å². The predicted molar refractivity (Wildman–Crippen MR) is 160 cm³/mol. The van der Waals surface area contributed by atoms with Crippen molar-refractivity contribution >= 4 is 28.4 Å². The lowest BCUT2D eigenvalue weighted by Gasteiger charge is -2.34. The van der Waals surface area contributed by atoms with Gasteiger partial charge in [0.1, 0.15) is 17.4 Å². The third-order valence-corrected chi connectivity index (χ3v) is 9.77. The number of nitrogens with one attached hydrogen (secondary N) is 1. The number of aryl methyl sites for hydroxylation is 1. The lowest BCUT2D eigenvalue weighted by Crippen LogP contribution is -2.44. The average molecular weight is 587 g/mol. The lowest BCUT2D eigenvalue weighted by molar-refractivity contribution is 0.0985. The van der Waals surface area contributed by atoms with Gasteiger partial charge in [0, 0.05) is 28.8 Å². The number of benzene rings is 3. The minimum absolute atomic E-state index is 0.108. The SMILES string of the molecule is Cc1cc(F)ccc1S(=O)C1(c2cc(N3CCOC[C@@H]3C)nc(-c3ccc(NC(=O)Oc4ccccc4)cc3)n2)CC1. The van der Waals surface area contributed by atoms with Crippen molar-refractivity contribution in [2.24, 2.45) is 0 Å². The molecule has 42 heavy (non-hydrogen) atoms. The molecule has 0 bridgehead atoms. The van der Waals surface area contributed by atoms with Gasteiger partial charge in [0.2, 0.25) is 0 Å². The Bertz CT molecular complexity index is 1630. The number of hydrogen-bond donors (Lipinski definition) is 1. The molecule has 0 radical (unpaired) electrons. The molecule has 1 aromatic heterocycles. The number of halogens is 1. The van der Waals surface area contributed by atoms with Crippen LogP contribution in [0.15, 0.2) is 83.8 Å². The highest BCUT2D eigenvalue weighted by Crippen LogP contribution is 2.53. The molecule has 10 heteroatoms. The molecule has 1 saturated heterocycles. The normalized spacial score (nSPS) is 18.3. The van der Waals surface area contributed by atoms with E-state index in [-0.39, 0.29) is 11.9 Å². The first kappa shape index (κ1) is 28.0. The summed E-state index contributed by atoms with van der Waals surface area (Å²) >= 11 is 0. The van der Waals surface area contributed by atoms with E-state index in [2.05, 4.69) is 17.1 Å². The molecule has 2 atom stereocenters. The van der Waals surface area contributed by atoms with Crippen LogP contribution in [0, 0.1) is 12.7 Å². The standard InChI is InChI=1S/C32H31FN4O4S/c1-21-18-24(33)10-13-27(21)42(39)32(14-15-32)28-19-29(37-16-17-40-20-22(37)2)36-30(35-28)23-8-11-25(12-9-23)34-31(38)41-26-6-4-3-5-7-26/h3-13,18-19,22H,14-17,20H2,1-2H3,(H,34,38)/t22-,42?/m0/s1. The Hall–Kier alpha value is -4.15. The monoisotopic (exact) mass is 586 g/mol. The molecule has 2 fully saturated rings. The van der Waals surface area contributed by atoms with Gasteiger partial charge in [-0.15, -0.1) is 0 Å². The Kier molecular flexibility index (Phi) is 7.74. The van der Waals surface area contributed by atoms with E-state index in [1.807, 2.05) is 24.3 Å². The van der Waals surface area contributed by atoms with Crippen LogP contribution in [0.4, 0.5) is 20.7 Å². The number of carbonyl (C=O) groups excluding carboxylic acids is 1. The number of hydrogen-bond acceptors (Lipinski definition) is 7.